The highest BCUT2D eigenvalue weighted by Gasteiger charge is 2.13. The molecule has 0 spiro atoms. The van der Waals surface area contributed by atoms with Gasteiger partial charge in [-0.15, -0.1) is 0 Å². The van der Waals surface area contributed by atoms with Crippen molar-refractivity contribution in [2.75, 3.05) is 7.11 Å². The molecule has 2 aromatic rings. The van der Waals surface area contributed by atoms with Crippen molar-refractivity contribution in [3.63, 3.8) is 0 Å². The van der Waals surface area contributed by atoms with E-state index in [1.807, 2.05) is 60.7 Å². The van der Waals surface area contributed by atoms with Gasteiger partial charge < -0.3 is 9.26 Å². The number of nitrogens with zero attached hydrogens (tertiary/aromatic N) is 2. The Labute approximate surface area is 122 Å². The predicted molar refractivity (Wildman–Crippen MR) is 83.2 cm³/mol. The van der Waals surface area contributed by atoms with Crippen molar-refractivity contribution in [2.24, 2.45) is 0 Å². The number of ether oxygens (including phenoxy) is 1. The van der Waals surface area contributed by atoms with Crippen LogP contribution < -0.4 is 4.74 Å². The Balaban J connectivity index is 0.000000829. The second-order valence-corrected chi connectivity index (χ2v) is 3.71. The topological polar surface area (TPSA) is 48.2 Å². The molecular formula is C16H26N2O2. The molecule has 2 rings (SSSR count). The molecule has 0 radical (unpaired) electrons. The SMILES string of the molecule is CC.CC.COc1cc(-c2c(C)noc2C)cnc1C. The summed E-state index contributed by atoms with van der Waals surface area (Å²) in [6.45, 7) is 13.7. The van der Waals surface area contributed by atoms with Crippen LogP contribution in [0.3, 0.4) is 0 Å². The first-order chi connectivity index (χ1) is 9.63. The molecule has 0 unspecified atom stereocenters. The van der Waals surface area contributed by atoms with Crippen LogP contribution in [0.5, 0.6) is 5.75 Å². The summed E-state index contributed by atoms with van der Waals surface area (Å²) in [5, 5.41) is 3.93. The highest BCUT2D eigenvalue weighted by atomic mass is 16.5. The van der Waals surface area contributed by atoms with Crippen LogP contribution in [0.25, 0.3) is 11.1 Å². The quantitative estimate of drug-likeness (QED) is 0.797. The van der Waals surface area contributed by atoms with Crippen molar-refractivity contribution in [1.82, 2.24) is 10.1 Å². The van der Waals surface area contributed by atoms with E-state index in [1.165, 1.54) is 0 Å². The molecule has 0 bridgehead atoms. The van der Waals surface area contributed by atoms with Gasteiger partial charge in [0.2, 0.25) is 0 Å². The molecule has 2 heterocycles. The molecule has 0 saturated heterocycles. The van der Waals surface area contributed by atoms with Crippen LogP contribution in [0.1, 0.15) is 44.8 Å². The fourth-order valence-electron chi connectivity index (χ4n) is 1.75. The van der Waals surface area contributed by atoms with E-state index in [2.05, 4.69) is 10.1 Å². The maximum atomic E-state index is 5.25. The number of pyridine rings is 1. The average Bonchev–Trinajstić information content (AvgIpc) is 2.83. The molecule has 4 nitrogen and oxygen atoms in total. The standard InChI is InChI=1S/C12H14N2O2.2C2H6/c1-7-11(15-4)5-10(6-13-7)12-8(2)14-16-9(12)3;2*1-2/h5-6H,1-4H3;2*1-2H3. The molecule has 0 aliphatic heterocycles. The molecule has 0 aromatic carbocycles. The molecule has 112 valence electrons. The van der Waals surface area contributed by atoms with Crippen molar-refractivity contribution >= 4 is 0 Å². The van der Waals surface area contributed by atoms with Crippen LogP contribution in [-0.4, -0.2) is 17.3 Å². The van der Waals surface area contributed by atoms with Crippen molar-refractivity contribution in [1.29, 1.82) is 0 Å². The summed E-state index contributed by atoms with van der Waals surface area (Å²) in [6.07, 6.45) is 1.81. The lowest BCUT2D eigenvalue weighted by Crippen LogP contribution is -1.92. The van der Waals surface area contributed by atoms with Gasteiger partial charge in [-0.1, -0.05) is 32.9 Å². The van der Waals surface area contributed by atoms with E-state index in [4.69, 9.17) is 9.26 Å². The Kier molecular flexibility index (Phi) is 8.29. The van der Waals surface area contributed by atoms with E-state index in [-0.39, 0.29) is 0 Å². The second kappa shape index (κ2) is 9.13. The van der Waals surface area contributed by atoms with Gasteiger partial charge in [-0.3, -0.25) is 4.98 Å². The van der Waals surface area contributed by atoms with Gasteiger partial charge in [0.15, 0.2) is 0 Å². The number of aryl methyl sites for hydroxylation is 3. The third kappa shape index (κ3) is 4.08. The smallest absolute Gasteiger partial charge is 0.141 e. The van der Waals surface area contributed by atoms with E-state index < -0.39 is 0 Å². The zero-order chi connectivity index (χ0) is 15.7. The summed E-state index contributed by atoms with van der Waals surface area (Å²) in [4.78, 5) is 4.29. The normalized spacial score (nSPS) is 9.00. The Morgan fingerprint density at radius 1 is 1.00 bits per heavy atom. The first kappa shape index (κ1) is 18.2. The van der Waals surface area contributed by atoms with Crippen molar-refractivity contribution in [3.8, 4) is 16.9 Å². The minimum absolute atomic E-state index is 0.775. The van der Waals surface area contributed by atoms with Crippen molar-refractivity contribution < 1.29 is 9.26 Å². The van der Waals surface area contributed by atoms with Crippen molar-refractivity contribution in [3.05, 3.63) is 29.4 Å². The van der Waals surface area contributed by atoms with Gasteiger partial charge in [-0.2, -0.15) is 0 Å². The third-order valence-corrected chi connectivity index (χ3v) is 2.58. The zero-order valence-corrected chi connectivity index (χ0v) is 13.9. The van der Waals surface area contributed by atoms with E-state index in [1.54, 1.807) is 7.11 Å². The van der Waals surface area contributed by atoms with Crippen LogP contribution in [-0.2, 0) is 0 Å². The van der Waals surface area contributed by atoms with E-state index in [0.717, 1.165) is 34.0 Å². The summed E-state index contributed by atoms with van der Waals surface area (Å²) in [7, 11) is 1.64. The molecule has 4 heteroatoms. The van der Waals surface area contributed by atoms with Gasteiger partial charge >= 0.3 is 0 Å². The molecule has 20 heavy (non-hydrogen) atoms. The average molecular weight is 278 g/mol. The van der Waals surface area contributed by atoms with Crippen LogP contribution in [0.15, 0.2) is 16.8 Å². The lowest BCUT2D eigenvalue weighted by molar-refractivity contribution is 0.393. The number of hydrogen-bond acceptors (Lipinski definition) is 4. The Bertz CT molecular complexity index is 500. The molecule has 0 saturated carbocycles. The van der Waals surface area contributed by atoms with Gasteiger partial charge in [0.1, 0.15) is 11.5 Å². The molecule has 0 aliphatic rings. The summed E-state index contributed by atoms with van der Waals surface area (Å²) in [6, 6.07) is 1.95. The zero-order valence-electron chi connectivity index (χ0n) is 13.9. The highest BCUT2D eigenvalue weighted by Crippen LogP contribution is 2.29. The molecule has 0 atom stereocenters. The van der Waals surface area contributed by atoms with Gasteiger partial charge in [-0.25, -0.2) is 0 Å². The Morgan fingerprint density at radius 3 is 2.05 bits per heavy atom. The Hall–Kier alpha value is -1.84. The maximum Gasteiger partial charge on any atom is 0.141 e. The summed E-state index contributed by atoms with van der Waals surface area (Å²) >= 11 is 0. The highest BCUT2D eigenvalue weighted by molar-refractivity contribution is 5.68. The van der Waals surface area contributed by atoms with Gasteiger partial charge in [-0.05, 0) is 26.8 Å². The predicted octanol–water partition coefficient (Wildman–Crippen LogP) is 4.72. The summed E-state index contributed by atoms with van der Waals surface area (Å²) in [5.74, 6) is 1.57. The molecule has 2 aromatic heterocycles. The van der Waals surface area contributed by atoms with Crippen LogP contribution in [0, 0.1) is 20.8 Å². The molecular weight excluding hydrogens is 252 g/mol. The van der Waals surface area contributed by atoms with Crippen LogP contribution in [0.4, 0.5) is 0 Å². The molecule has 0 fully saturated rings. The van der Waals surface area contributed by atoms with E-state index in [0.29, 0.717) is 0 Å². The first-order valence-electron chi connectivity index (χ1n) is 7.07. The number of rotatable bonds is 2. The lowest BCUT2D eigenvalue weighted by Gasteiger charge is -2.06. The maximum absolute atomic E-state index is 5.25. The summed E-state index contributed by atoms with van der Waals surface area (Å²) < 4.78 is 10.4. The molecule has 0 N–H and O–H groups in total. The fourth-order valence-corrected chi connectivity index (χ4v) is 1.75. The van der Waals surface area contributed by atoms with E-state index >= 15 is 0 Å². The minimum Gasteiger partial charge on any atom is -0.495 e. The van der Waals surface area contributed by atoms with Crippen LogP contribution >= 0.6 is 0 Å². The number of hydrogen-bond donors (Lipinski definition) is 0. The summed E-state index contributed by atoms with van der Waals surface area (Å²) in [5.41, 5.74) is 3.70. The fraction of sp³-hybridized carbons (Fsp3) is 0.500. The Morgan fingerprint density at radius 2 is 1.60 bits per heavy atom. The third-order valence-electron chi connectivity index (χ3n) is 2.58. The largest absolute Gasteiger partial charge is 0.495 e. The first-order valence-corrected chi connectivity index (χ1v) is 7.07. The number of aromatic nitrogens is 2. The van der Waals surface area contributed by atoms with Crippen molar-refractivity contribution in [2.45, 2.75) is 48.5 Å². The number of methoxy groups -OCH3 is 1. The van der Waals surface area contributed by atoms with Gasteiger partial charge in [0.25, 0.3) is 0 Å². The van der Waals surface area contributed by atoms with Gasteiger partial charge in [0, 0.05) is 17.3 Å². The monoisotopic (exact) mass is 278 g/mol. The lowest BCUT2D eigenvalue weighted by atomic mass is 10.1. The minimum atomic E-state index is 0.775. The van der Waals surface area contributed by atoms with Gasteiger partial charge in [0.05, 0.1) is 18.5 Å². The van der Waals surface area contributed by atoms with Crippen LogP contribution in [0.2, 0.25) is 0 Å². The van der Waals surface area contributed by atoms with E-state index in [9.17, 15) is 0 Å². The second-order valence-electron chi connectivity index (χ2n) is 3.71. The molecule has 0 aliphatic carbocycles. The molecule has 0 amide bonds.